The van der Waals surface area contributed by atoms with Gasteiger partial charge in [0.2, 0.25) is 0 Å². The molecule has 0 saturated heterocycles. The summed E-state index contributed by atoms with van der Waals surface area (Å²) in [5, 5.41) is 3.71. The van der Waals surface area contributed by atoms with Gasteiger partial charge in [-0.2, -0.15) is 5.10 Å². The monoisotopic (exact) mass is 238 g/mol. The first-order valence-corrected chi connectivity index (χ1v) is 4.80. The Morgan fingerprint density at radius 3 is 2.65 bits per heavy atom. The summed E-state index contributed by atoms with van der Waals surface area (Å²) in [6.07, 6.45) is 0.823. The van der Waals surface area contributed by atoms with Crippen LogP contribution < -0.4 is 14.9 Å². The van der Waals surface area contributed by atoms with Crippen LogP contribution in [0.4, 0.5) is 4.79 Å². The van der Waals surface area contributed by atoms with Gasteiger partial charge in [-0.05, 0) is 12.1 Å². The Bertz CT molecular complexity index is 418. The number of benzene rings is 1. The minimum Gasteiger partial charge on any atom is -0.497 e. The second-order valence-corrected chi connectivity index (χ2v) is 2.97. The third-order valence-corrected chi connectivity index (χ3v) is 1.99. The number of ether oxygens (including phenoxy) is 3. The summed E-state index contributed by atoms with van der Waals surface area (Å²) in [6, 6.07) is 5.25. The molecule has 0 fully saturated rings. The average molecular weight is 238 g/mol. The van der Waals surface area contributed by atoms with Crippen molar-refractivity contribution in [2.24, 2.45) is 5.10 Å². The Balaban J connectivity index is 2.79. The highest BCUT2D eigenvalue weighted by molar-refractivity contribution is 5.84. The smallest absolute Gasteiger partial charge is 0.427 e. The summed E-state index contributed by atoms with van der Waals surface area (Å²) in [5.41, 5.74) is 2.89. The van der Waals surface area contributed by atoms with Crippen molar-refractivity contribution in [1.29, 1.82) is 0 Å². The minimum absolute atomic E-state index is 0.597. The lowest BCUT2D eigenvalue weighted by atomic mass is 10.2. The lowest BCUT2D eigenvalue weighted by Crippen LogP contribution is -2.16. The van der Waals surface area contributed by atoms with Gasteiger partial charge in [0.25, 0.3) is 0 Å². The number of methoxy groups -OCH3 is 3. The molecule has 0 radical (unpaired) electrons. The Hall–Kier alpha value is -2.24. The fourth-order valence-electron chi connectivity index (χ4n) is 1.13. The van der Waals surface area contributed by atoms with E-state index in [2.05, 4.69) is 15.3 Å². The van der Waals surface area contributed by atoms with E-state index in [9.17, 15) is 4.79 Å². The van der Waals surface area contributed by atoms with Gasteiger partial charge in [0.05, 0.1) is 27.5 Å². The Labute approximate surface area is 99.2 Å². The predicted octanol–water partition coefficient (Wildman–Crippen LogP) is 1.39. The lowest BCUT2D eigenvalue weighted by molar-refractivity contribution is 0.171. The molecule has 92 valence electrons. The van der Waals surface area contributed by atoms with E-state index < -0.39 is 6.09 Å². The first kappa shape index (κ1) is 12.8. The molecule has 1 aromatic rings. The third kappa shape index (κ3) is 3.67. The van der Waals surface area contributed by atoms with Gasteiger partial charge in [0.15, 0.2) is 0 Å². The summed E-state index contributed by atoms with van der Waals surface area (Å²) in [4.78, 5) is 10.8. The summed E-state index contributed by atoms with van der Waals surface area (Å²) >= 11 is 0. The molecule has 0 saturated carbocycles. The fraction of sp³-hybridized carbons (Fsp3) is 0.273. The molecule has 0 aliphatic rings. The molecule has 6 heteroatoms. The van der Waals surface area contributed by atoms with Crippen molar-refractivity contribution in [3.63, 3.8) is 0 Å². The summed E-state index contributed by atoms with van der Waals surface area (Å²) in [7, 11) is 4.38. The van der Waals surface area contributed by atoms with E-state index >= 15 is 0 Å². The second kappa shape index (κ2) is 6.37. The second-order valence-electron chi connectivity index (χ2n) is 2.97. The third-order valence-electron chi connectivity index (χ3n) is 1.99. The number of nitrogens with zero attached hydrogens (tertiary/aromatic N) is 1. The van der Waals surface area contributed by atoms with Crippen molar-refractivity contribution in [2.45, 2.75) is 0 Å². The standard InChI is InChI=1S/C11H14N2O4/c1-15-9-5-4-8(10(6-9)16-2)7-12-13-11(14)17-3/h4-7H,1-3H3,(H,13,14). The largest absolute Gasteiger partial charge is 0.497 e. The summed E-state index contributed by atoms with van der Waals surface area (Å²) < 4.78 is 14.6. The van der Waals surface area contributed by atoms with Crippen LogP contribution in [0.2, 0.25) is 0 Å². The molecule has 1 aromatic carbocycles. The van der Waals surface area contributed by atoms with E-state index in [-0.39, 0.29) is 0 Å². The zero-order valence-corrected chi connectivity index (χ0v) is 9.89. The van der Waals surface area contributed by atoms with Crippen LogP contribution in [-0.2, 0) is 4.74 Å². The summed E-state index contributed by atoms with van der Waals surface area (Å²) in [5.74, 6) is 1.28. The molecular formula is C11H14N2O4. The van der Waals surface area contributed by atoms with Crippen molar-refractivity contribution in [2.75, 3.05) is 21.3 Å². The first-order chi connectivity index (χ1) is 8.21. The Morgan fingerprint density at radius 2 is 2.06 bits per heavy atom. The number of carbonyl (C=O) groups excluding carboxylic acids is 1. The molecular weight excluding hydrogens is 224 g/mol. The number of amides is 1. The van der Waals surface area contributed by atoms with Crippen LogP contribution >= 0.6 is 0 Å². The molecule has 0 bridgehead atoms. The lowest BCUT2D eigenvalue weighted by Gasteiger charge is -2.06. The Kier molecular flexibility index (Phi) is 4.80. The van der Waals surface area contributed by atoms with Crippen LogP contribution in [0, 0.1) is 0 Å². The quantitative estimate of drug-likeness (QED) is 0.635. The van der Waals surface area contributed by atoms with E-state index in [1.54, 1.807) is 32.4 Å². The number of nitrogens with one attached hydrogen (secondary N) is 1. The number of hydrogen-bond donors (Lipinski definition) is 1. The number of carbonyl (C=O) groups is 1. The van der Waals surface area contributed by atoms with E-state index in [1.165, 1.54) is 13.3 Å². The molecule has 1 amide bonds. The van der Waals surface area contributed by atoms with Gasteiger partial charge in [0, 0.05) is 11.6 Å². The average Bonchev–Trinajstić information content (AvgIpc) is 2.38. The maximum absolute atomic E-state index is 10.8. The maximum Gasteiger partial charge on any atom is 0.427 e. The zero-order valence-electron chi connectivity index (χ0n) is 9.89. The molecule has 0 spiro atoms. The molecule has 1 N–H and O–H groups in total. The summed E-state index contributed by atoms with van der Waals surface area (Å²) in [6.45, 7) is 0. The molecule has 0 aliphatic carbocycles. The van der Waals surface area contributed by atoms with E-state index in [4.69, 9.17) is 9.47 Å². The van der Waals surface area contributed by atoms with Crippen LogP contribution in [0.25, 0.3) is 0 Å². The van der Waals surface area contributed by atoms with Gasteiger partial charge < -0.3 is 14.2 Å². The normalized spacial score (nSPS) is 10.1. The van der Waals surface area contributed by atoms with E-state index in [1.807, 2.05) is 0 Å². The molecule has 17 heavy (non-hydrogen) atoms. The zero-order chi connectivity index (χ0) is 12.7. The van der Waals surface area contributed by atoms with Crippen molar-refractivity contribution in [3.8, 4) is 11.5 Å². The topological polar surface area (TPSA) is 69.2 Å². The van der Waals surface area contributed by atoms with Crippen molar-refractivity contribution in [3.05, 3.63) is 23.8 Å². The molecule has 6 nitrogen and oxygen atoms in total. The molecule has 0 atom stereocenters. The highest BCUT2D eigenvalue weighted by atomic mass is 16.5. The van der Waals surface area contributed by atoms with Gasteiger partial charge in [-0.1, -0.05) is 0 Å². The van der Waals surface area contributed by atoms with Crippen LogP contribution in [-0.4, -0.2) is 33.6 Å². The number of hydrogen-bond acceptors (Lipinski definition) is 5. The van der Waals surface area contributed by atoms with Crippen molar-refractivity contribution in [1.82, 2.24) is 5.43 Å². The van der Waals surface area contributed by atoms with Crippen molar-refractivity contribution >= 4 is 12.3 Å². The number of rotatable bonds is 4. The highest BCUT2D eigenvalue weighted by Gasteiger charge is 2.02. The molecule has 0 aromatic heterocycles. The van der Waals surface area contributed by atoms with Crippen LogP contribution in [0.5, 0.6) is 11.5 Å². The molecule has 0 aliphatic heterocycles. The van der Waals surface area contributed by atoms with Crippen LogP contribution in [0.3, 0.4) is 0 Å². The van der Waals surface area contributed by atoms with Gasteiger partial charge in [-0.15, -0.1) is 0 Å². The molecule has 0 heterocycles. The van der Waals surface area contributed by atoms with Gasteiger partial charge in [-0.3, -0.25) is 0 Å². The first-order valence-electron chi connectivity index (χ1n) is 4.80. The predicted molar refractivity (Wildman–Crippen MR) is 62.7 cm³/mol. The van der Waals surface area contributed by atoms with Gasteiger partial charge in [-0.25, -0.2) is 10.2 Å². The maximum atomic E-state index is 10.8. The molecule has 0 unspecified atom stereocenters. The van der Waals surface area contributed by atoms with Gasteiger partial charge in [0.1, 0.15) is 11.5 Å². The van der Waals surface area contributed by atoms with E-state index in [0.717, 1.165) is 0 Å². The minimum atomic E-state index is -0.631. The number of hydrazone groups is 1. The van der Waals surface area contributed by atoms with Crippen LogP contribution in [0.15, 0.2) is 23.3 Å². The van der Waals surface area contributed by atoms with Gasteiger partial charge >= 0.3 is 6.09 Å². The van der Waals surface area contributed by atoms with Crippen molar-refractivity contribution < 1.29 is 19.0 Å². The SMILES string of the molecule is COC(=O)NN=Cc1ccc(OC)cc1OC. The molecule has 1 rings (SSSR count). The fourth-order valence-corrected chi connectivity index (χ4v) is 1.13. The van der Waals surface area contributed by atoms with E-state index in [0.29, 0.717) is 17.1 Å². The highest BCUT2D eigenvalue weighted by Crippen LogP contribution is 2.22. The van der Waals surface area contributed by atoms with Crippen LogP contribution in [0.1, 0.15) is 5.56 Å². The Morgan fingerprint density at radius 1 is 1.29 bits per heavy atom.